The fourth-order valence-electron chi connectivity index (χ4n) is 3.11. The van der Waals surface area contributed by atoms with E-state index < -0.39 is 5.91 Å². The predicted molar refractivity (Wildman–Crippen MR) is 108 cm³/mol. The first-order valence-electron chi connectivity index (χ1n) is 9.02. The number of nitrogens with zero attached hydrogens (tertiary/aromatic N) is 2. The lowest BCUT2D eigenvalue weighted by molar-refractivity contribution is -0.121. The fraction of sp³-hybridized carbons (Fsp3) is 0.0909. The van der Waals surface area contributed by atoms with Crippen molar-refractivity contribution in [1.82, 2.24) is 5.43 Å². The average Bonchev–Trinajstić information content (AvgIpc) is 3.13. The van der Waals surface area contributed by atoms with E-state index in [1.54, 1.807) is 0 Å². The van der Waals surface area contributed by atoms with Gasteiger partial charge in [-0.25, -0.2) is 5.43 Å². The molecule has 1 aliphatic rings. The molecule has 7 heteroatoms. The van der Waals surface area contributed by atoms with Crippen LogP contribution in [0.2, 0.25) is 0 Å². The average molecular weight is 384 g/mol. The molecule has 0 fully saturated rings. The lowest BCUT2D eigenvalue weighted by Gasteiger charge is -2.10. The minimum absolute atomic E-state index is 0.0507. The summed E-state index contributed by atoms with van der Waals surface area (Å²) in [7, 11) is 0. The van der Waals surface area contributed by atoms with E-state index in [4.69, 9.17) is 4.42 Å². The van der Waals surface area contributed by atoms with E-state index in [0.29, 0.717) is 11.3 Å². The number of hydrogen-bond acceptors (Lipinski definition) is 5. The highest BCUT2D eigenvalue weighted by Crippen LogP contribution is 2.41. The zero-order chi connectivity index (χ0) is 20.2. The zero-order valence-electron chi connectivity index (χ0n) is 15.3. The third kappa shape index (κ3) is 3.64. The molecule has 2 heterocycles. The molecule has 3 aromatic rings. The van der Waals surface area contributed by atoms with Crippen molar-refractivity contribution >= 4 is 23.4 Å². The van der Waals surface area contributed by atoms with Gasteiger partial charge in [0.25, 0.3) is 5.91 Å². The molecule has 0 aliphatic carbocycles. The molecule has 0 atom stereocenters. The first-order valence-corrected chi connectivity index (χ1v) is 9.02. The van der Waals surface area contributed by atoms with Crippen LogP contribution in [0.4, 0.5) is 5.88 Å². The van der Waals surface area contributed by atoms with Gasteiger partial charge in [-0.05, 0) is 5.56 Å². The summed E-state index contributed by atoms with van der Waals surface area (Å²) in [6, 6.07) is 20.9. The minimum Gasteiger partial charge on any atom is -0.438 e. The van der Waals surface area contributed by atoms with Crippen molar-refractivity contribution in [3.63, 3.8) is 0 Å². The highest BCUT2D eigenvalue weighted by Gasteiger charge is 2.26. The van der Waals surface area contributed by atoms with E-state index in [0.717, 1.165) is 11.1 Å². The summed E-state index contributed by atoms with van der Waals surface area (Å²) in [5, 5.41) is 16.3. The SMILES string of the molecule is N#Cc1c(NC(=O)C2=NNC(=O)CC2)oc(-c2ccccc2)c1-c1ccccc1. The maximum Gasteiger partial charge on any atom is 0.274 e. The van der Waals surface area contributed by atoms with Crippen LogP contribution in [0.3, 0.4) is 0 Å². The van der Waals surface area contributed by atoms with E-state index in [1.807, 2.05) is 60.7 Å². The molecule has 0 saturated carbocycles. The van der Waals surface area contributed by atoms with Crippen molar-refractivity contribution in [3.8, 4) is 28.5 Å². The zero-order valence-corrected chi connectivity index (χ0v) is 15.3. The molecule has 7 nitrogen and oxygen atoms in total. The third-order valence-electron chi connectivity index (χ3n) is 4.51. The second kappa shape index (κ2) is 7.82. The van der Waals surface area contributed by atoms with Crippen molar-refractivity contribution < 1.29 is 14.0 Å². The molecule has 2 aromatic carbocycles. The van der Waals surface area contributed by atoms with E-state index >= 15 is 0 Å². The number of furan rings is 1. The summed E-state index contributed by atoms with van der Waals surface area (Å²) in [6.45, 7) is 0. The van der Waals surface area contributed by atoms with Gasteiger partial charge in [0.2, 0.25) is 11.8 Å². The smallest absolute Gasteiger partial charge is 0.274 e. The highest BCUT2D eigenvalue weighted by molar-refractivity contribution is 6.43. The number of nitriles is 1. The van der Waals surface area contributed by atoms with Crippen LogP contribution >= 0.6 is 0 Å². The number of carbonyl (C=O) groups is 2. The van der Waals surface area contributed by atoms with Crippen LogP contribution < -0.4 is 10.7 Å². The molecule has 1 aromatic heterocycles. The van der Waals surface area contributed by atoms with E-state index in [2.05, 4.69) is 21.9 Å². The summed E-state index contributed by atoms with van der Waals surface area (Å²) in [4.78, 5) is 23.8. The van der Waals surface area contributed by atoms with Gasteiger partial charge in [-0.1, -0.05) is 60.7 Å². The molecule has 0 saturated heterocycles. The van der Waals surface area contributed by atoms with E-state index in [-0.39, 0.29) is 35.9 Å². The Morgan fingerprint density at radius 1 is 1.03 bits per heavy atom. The number of nitrogens with one attached hydrogen (secondary N) is 2. The molecular weight excluding hydrogens is 368 g/mol. The van der Waals surface area contributed by atoms with Gasteiger partial charge in [0.1, 0.15) is 23.1 Å². The van der Waals surface area contributed by atoms with Crippen LogP contribution in [0.5, 0.6) is 0 Å². The standard InChI is InChI=1S/C22H16N4O3/c23-13-16-19(14-7-3-1-4-8-14)20(15-9-5-2-6-10-15)29-22(16)24-21(28)17-11-12-18(27)26-25-17/h1-10H,11-12H2,(H,24,28)(H,26,27). The molecule has 0 unspecified atom stereocenters. The molecule has 142 valence electrons. The Balaban J connectivity index is 1.79. The Morgan fingerprint density at radius 2 is 1.69 bits per heavy atom. The van der Waals surface area contributed by atoms with Crippen molar-refractivity contribution in [1.29, 1.82) is 5.26 Å². The molecule has 0 radical (unpaired) electrons. The second-order valence-corrected chi connectivity index (χ2v) is 6.40. The number of amides is 2. The van der Waals surface area contributed by atoms with Gasteiger partial charge < -0.3 is 4.42 Å². The second-order valence-electron chi connectivity index (χ2n) is 6.40. The quantitative estimate of drug-likeness (QED) is 0.715. The minimum atomic E-state index is -0.519. The van der Waals surface area contributed by atoms with Crippen LogP contribution in [-0.2, 0) is 9.59 Å². The molecule has 4 rings (SSSR count). The molecular formula is C22H16N4O3. The maximum absolute atomic E-state index is 12.6. The van der Waals surface area contributed by atoms with Crippen molar-refractivity contribution in [2.75, 3.05) is 5.32 Å². The lowest BCUT2D eigenvalue weighted by atomic mass is 9.98. The van der Waals surface area contributed by atoms with Gasteiger partial charge in [-0.15, -0.1) is 0 Å². The van der Waals surface area contributed by atoms with E-state index in [1.165, 1.54) is 0 Å². The third-order valence-corrected chi connectivity index (χ3v) is 4.51. The highest BCUT2D eigenvalue weighted by atomic mass is 16.4. The molecule has 1 aliphatic heterocycles. The molecule has 2 N–H and O–H groups in total. The van der Waals surface area contributed by atoms with Crippen LogP contribution in [-0.4, -0.2) is 17.5 Å². The van der Waals surface area contributed by atoms with Gasteiger partial charge in [-0.3, -0.25) is 14.9 Å². The summed E-state index contributed by atoms with van der Waals surface area (Å²) >= 11 is 0. The number of anilines is 1. The van der Waals surface area contributed by atoms with Gasteiger partial charge in [0, 0.05) is 24.0 Å². The Labute approximate surface area is 166 Å². The van der Waals surface area contributed by atoms with E-state index in [9.17, 15) is 14.9 Å². The molecule has 2 amide bonds. The number of hydrazone groups is 1. The van der Waals surface area contributed by atoms with Crippen LogP contribution in [0.15, 0.2) is 70.2 Å². The molecule has 0 bridgehead atoms. The predicted octanol–water partition coefficient (Wildman–Crippen LogP) is 3.69. The van der Waals surface area contributed by atoms with Crippen LogP contribution in [0, 0.1) is 11.3 Å². The first kappa shape index (κ1) is 18.2. The largest absolute Gasteiger partial charge is 0.438 e. The maximum atomic E-state index is 12.6. The normalized spacial score (nSPS) is 13.2. The van der Waals surface area contributed by atoms with Crippen LogP contribution in [0.1, 0.15) is 18.4 Å². The van der Waals surface area contributed by atoms with Crippen LogP contribution in [0.25, 0.3) is 22.5 Å². The number of rotatable bonds is 4. The number of benzene rings is 2. The Morgan fingerprint density at radius 3 is 2.28 bits per heavy atom. The van der Waals surface area contributed by atoms with Crippen molar-refractivity contribution in [3.05, 3.63) is 66.2 Å². The molecule has 0 spiro atoms. The summed E-state index contributed by atoms with van der Waals surface area (Å²) < 4.78 is 5.96. The Bertz CT molecular complexity index is 1140. The summed E-state index contributed by atoms with van der Waals surface area (Å²) in [6.07, 6.45) is 0.400. The number of hydrogen-bond donors (Lipinski definition) is 2. The summed E-state index contributed by atoms with van der Waals surface area (Å²) in [5.74, 6) is -0.221. The van der Waals surface area contributed by atoms with Gasteiger partial charge >= 0.3 is 0 Å². The Hall–Kier alpha value is -4.18. The Kier molecular flexibility index (Phi) is 4.91. The van der Waals surface area contributed by atoms with Crippen molar-refractivity contribution in [2.45, 2.75) is 12.8 Å². The van der Waals surface area contributed by atoms with Gasteiger partial charge in [0.15, 0.2) is 0 Å². The lowest BCUT2D eigenvalue weighted by Crippen LogP contribution is -2.32. The van der Waals surface area contributed by atoms with Crippen molar-refractivity contribution in [2.24, 2.45) is 5.10 Å². The van der Waals surface area contributed by atoms with Gasteiger partial charge in [0.05, 0.1) is 0 Å². The number of carbonyl (C=O) groups excluding carboxylic acids is 2. The summed E-state index contributed by atoms with van der Waals surface area (Å²) in [5.41, 5.74) is 4.88. The topological polar surface area (TPSA) is 107 Å². The molecule has 29 heavy (non-hydrogen) atoms. The first-order chi connectivity index (χ1) is 14.2. The monoisotopic (exact) mass is 384 g/mol. The fourth-order valence-corrected chi connectivity index (χ4v) is 3.11. The van der Waals surface area contributed by atoms with Gasteiger partial charge in [-0.2, -0.15) is 10.4 Å².